The summed E-state index contributed by atoms with van der Waals surface area (Å²) < 4.78 is 0. The van der Waals surface area contributed by atoms with Crippen LogP contribution in [0.25, 0.3) is 0 Å². The van der Waals surface area contributed by atoms with E-state index in [1.54, 1.807) is 12.1 Å². The molecule has 3 N–H and O–H groups in total. The molecule has 0 saturated heterocycles. The molecule has 0 atom stereocenters. The van der Waals surface area contributed by atoms with E-state index >= 15 is 0 Å². The normalized spacial score (nSPS) is 11.5. The first kappa shape index (κ1) is 15.7. The van der Waals surface area contributed by atoms with Gasteiger partial charge in [-0.1, -0.05) is 36.2 Å². The molecule has 0 bridgehead atoms. The standard InChI is InChI=1S/C16H17Cl2N3/c1-3-15(12-9-11(17)7-8-14(12)19)20-21-16-6-4-5-13(18)10(16)2/h4-9,21H,3,19H2,1-2H3/b20-15+. The highest BCUT2D eigenvalue weighted by Crippen LogP contribution is 2.24. The van der Waals surface area contributed by atoms with Gasteiger partial charge in [-0.05, 0) is 49.2 Å². The molecule has 0 aliphatic carbocycles. The smallest absolute Gasteiger partial charge is 0.0697 e. The largest absolute Gasteiger partial charge is 0.398 e. The molecule has 2 aromatic carbocycles. The van der Waals surface area contributed by atoms with Gasteiger partial charge in [0.05, 0.1) is 11.4 Å². The number of hydrogen-bond acceptors (Lipinski definition) is 3. The van der Waals surface area contributed by atoms with Gasteiger partial charge in [-0.25, -0.2) is 0 Å². The number of nitrogens with zero attached hydrogens (tertiary/aromatic N) is 1. The highest BCUT2D eigenvalue weighted by molar-refractivity contribution is 6.32. The summed E-state index contributed by atoms with van der Waals surface area (Å²) in [6.45, 7) is 3.96. The lowest BCUT2D eigenvalue weighted by atomic mass is 10.1. The van der Waals surface area contributed by atoms with Crippen molar-refractivity contribution in [3.63, 3.8) is 0 Å². The molecule has 110 valence electrons. The zero-order valence-electron chi connectivity index (χ0n) is 12.0. The SMILES string of the molecule is CC/C(=N\Nc1cccc(Cl)c1C)c1cc(Cl)ccc1N. The highest BCUT2D eigenvalue weighted by Gasteiger charge is 2.08. The fourth-order valence-corrected chi connectivity index (χ4v) is 2.31. The maximum absolute atomic E-state index is 6.10. The maximum atomic E-state index is 6.10. The Balaban J connectivity index is 2.33. The number of hydrogen-bond donors (Lipinski definition) is 2. The Kier molecular flexibility index (Phi) is 5.10. The number of nitrogen functional groups attached to an aromatic ring is 1. The van der Waals surface area contributed by atoms with Gasteiger partial charge in [0.2, 0.25) is 0 Å². The lowest BCUT2D eigenvalue weighted by Crippen LogP contribution is -2.07. The Morgan fingerprint density at radius 1 is 1.24 bits per heavy atom. The number of anilines is 2. The molecule has 0 fully saturated rings. The molecular formula is C16H17Cl2N3. The van der Waals surface area contributed by atoms with Crippen molar-refractivity contribution in [1.82, 2.24) is 0 Å². The predicted octanol–water partition coefficient (Wildman–Crippen LogP) is 5.11. The summed E-state index contributed by atoms with van der Waals surface area (Å²) in [7, 11) is 0. The zero-order valence-corrected chi connectivity index (χ0v) is 13.5. The van der Waals surface area contributed by atoms with E-state index in [9.17, 15) is 0 Å². The van der Waals surface area contributed by atoms with E-state index in [0.717, 1.165) is 28.9 Å². The fraction of sp³-hybridized carbons (Fsp3) is 0.188. The monoisotopic (exact) mass is 321 g/mol. The van der Waals surface area contributed by atoms with Crippen LogP contribution in [0.2, 0.25) is 10.0 Å². The van der Waals surface area contributed by atoms with Gasteiger partial charge in [-0.15, -0.1) is 0 Å². The first-order valence-electron chi connectivity index (χ1n) is 6.66. The molecule has 2 aromatic rings. The molecule has 0 amide bonds. The third kappa shape index (κ3) is 3.69. The van der Waals surface area contributed by atoms with Crippen molar-refractivity contribution in [3.05, 3.63) is 57.6 Å². The van der Waals surface area contributed by atoms with Crippen molar-refractivity contribution < 1.29 is 0 Å². The van der Waals surface area contributed by atoms with Gasteiger partial charge in [0.1, 0.15) is 0 Å². The molecule has 0 heterocycles. The minimum absolute atomic E-state index is 0.638. The fourth-order valence-electron chi connectivity index (χ4n) is 1.96. The molecule has 2 rings (SSSR count). The number of halogens is 2. The Bertz CT molecular complexity index is 681. The second kappa shape index (κ2) is 6.83. The molecule has 0 aliphatic heterocycles. The Morgan fingerprint density at radius 2 is 2.00 bits per heavy atom. The van der Waals surface area contributed by atoms with Crippen LogP contribution in [0.3, 0.4) is 0 Å². The van der Waals surface area contributed by atoms with Crippen LogP contribution in [0.4, 0.5) is 11.4 Å². The predicted molar refractivity (Wildman–Crippen MR) is 92.5 cm³/mol. The van der Waals surface area contributed by atoms with Crippen LogP contribution in [-0.2, 0) is 0 Å². The van der Waals surface area contributed by atoms with Gasteiger partial charge in [0.25, 0.3) is 0 Å². The van der Waals surface area contributed by atoms with Crippen LogP contribution in [0.15, 0.2) is 41.5 Å². The summed E-state index contributed by atoms with van der Waals surface area (Å²) in [5.74, 6) is 0. The zero-order chi connectivity index (χ0) is 15.4. The number of nitrogens with two attached hydrogens (primary N) is 1. The molecule has 21 heavy (non-hydrogen) atoms. The van der Waals surface area contributed by atoms with Crippen LogP contribution in [0, 0.1) is 6.92 Å². The first-order valence-corrected chi connectivity index (χ1v) is 7.41. The quantitative estimate of drug-likeness (QED) is 0.467. The summed E-state index contributed by atoms with van der Waals surface area (Å²) >= 11 is 12.1. The van der Waals surface area contributed by atoms with Crippen LogP contribution < -0.4 is 11.2 Å². The topological polar surface area (TPSA) is 50.4 Å². The van der Waals surface area contributed by atoms with E-state index in [2.05, 4.69) is 10.5 Å². The third-order valence-corrected chi connectivity index (χ3v) is 3.88. The lowest BCUT2D eigenvalue weighted by Gasteiger charge is -2.11. The number of nitrogens with one attached hydrogen (secondary N) is 1. The summed E-state index contributed by atoms with van der Waals surface area (Å²) in [5, 5.41) is 5.80. The van der Waals surface area contributed by atoms with Crippen molar-refractivity contribution in [3.8, 4) is 0 Å². The Labute approximate surface area is 134 Å². The maximum Gasteiger partial charge on any atom is 0.0697 e. The number of hydrazone groups is 1. The number of benzene rings is 2. The van der Waals surface area contributed by atoms with Gasteiger partial charge in [0, 0.05) is 21.3 Å². The van der Waals surface area contributed by atoms with Crippen LogP contribution in [-0.4, -0.2) is 5.71 Å². The van der Waals surface area contributed by atoms with Crippen molar-refractivity contribution in [1.29, 1.82) is 0 Å². The van der Waals surface area contributed by atoms with Crippen molar-refractivity contribution in [2.24, 2.45) is 5.10 Å². The molecule has 0 radical (unpaired) electrons. The van der Waals surface area contributed by atoms with Gasteiger partial charge in [-0.3, -0.25) is 5.43 Å². The van der Waals surface area contributed by atoms with E-state index < -0.39 is 0 Å². The van der Waals surface area contributed by atoms with Gasteiger partial charge in [-0.2, -0.15) is 5.10 Å². The van der Waals surface area contributed by atoms with Crippen LogP contribution >= 0.6 is 23.2 Å². The van der Waals surface area contributed by atoms with Gasteiger partial charge < -0.3 is 5.73 Å². The van der Waals surface area contributed by atoms with Gasteiger partial charge >= 0.3 is 0 Å². The summed E-state index contributed by atoms with van der Waals surface area (Å²) in [6.07, 6.45) is 0.733. The van der Waals surface area contributed by atoms with E-state index in [1.807, 2.05) is 38.1 Å². The molecule has 0 saturated carbocycles. The van der Waals surface area contributed by atoms with Crippen LogP contribution in [0.5, 0.6) is 0 Å². The minimum Gasteiger partial charge on any atom is -0.398 e. The second-order valence-corrected chi connectivity index (χ2v) is 5.51. The molecule has 0 aliphatic rings. The van der Waals surface area contributed by atoms with E-state index in [0.29, 0.717) is 15.7 Å². The minimum atomic E-state index is 0.638. The molecule has 5 heteroatoms. The average molecular weight is 322 g/mol. The van der Waals surface area contributed by atoms with E-state index in [4.69, 9.17) is 28.9 Å². The number of rotatable bonds is 4. The van der Waals surface area contributed by atoms with E-state index in [-0.39, 0.29) is 0 Å². The molecule has 0 unspecified atom stereocenters. The molecular weight excluding hydrogens is 305 g/mol. The lowest BCUT2D eigenvalue weighted by molar-refractivity contribution is 1.21. The summed E-state index contributed by atoms with van der Waals surface area (Å²) in [4.78, 5) is 0. The second-order valence-electron chi connectivity index (χ2n) is 4.67. The highest BCUT2D eigenvalue weighted by atomic mass is 35.5. The Morgan fingerprint density at radius 3 is 2.71 bits per heavy atom. The molecule has 0 spiro atoms. The summed E-state index contributed by atoms with van der Waals surface area (Å²) in [6, 6.07) is 11.0. The Hall–Kier alpha value is -1.71. The van der Waals surface area contributed by atoms with Crippen molar-refractivity contribution in [2.45, 2.75) is 20.3 Å². The first-order chi connectivity index (χ1) is 10.0. The van der Waals surface area contributed by atoms with Gasteiger partial charge in [0.15, 0.2) is 0 Å². The molecule has 3 nitrogen and oxygen atoms in total. The van der Waals surface area contributed by atoms with Crippen LogP contribution in [0.1, 0.15) is 24.5 Å². The molecule has 0 aromatic heterocycles. The van der Waals surface area contributed by atoms with Crippen molar-refractivity contribution >= 4 is 40.3 Å². The van der Waals surface area contributed by atoms with Crippen molar-refractivity contribution in [2.75, 3.05) is 11.2 Å². The van der Waals surface area contributed by atoms with E-state index in [1.165, 1.54) is 0 Å². The average Bonchev–Trinajstić information content (AvgIpc) is 2.47. The third-order valence-electron chi connectivity index (χ3n) is 3.24. The summed E-state index contributed by atoms with van der Waals surface area (Å²) in [5.41, 5.74) is 13.2.